The van der Waals surface area contributed by atoms with Gasteiger partial charge in [-0.3, -0.25) is 4.79 Å². The molecule has 0 bridgehead atoms. The monoisotopic (exact) mass is 141 g/mol. The molecule has 0 aromatic carbocycles. The maximum Gasteiger partial charge on any atom is 0.185 e. The minimum Gasteiger partial charge on any atom is -0.368 e. The third kappa shape index (κ3) is 1.25. The Morgan fingerprint density at radius 1 is 1.80 bits per heavy atom. The maximum absolute atomic E-state index is 10.9. The highest BCUT2D eigenvalue weighted by Crippen LogP contribution is 2.11. The molecule has 56 valence electrons. The average Bonchev–Trinajstić information content (AvgIpc) is 2.34. The molecule has 1 aliphatic heterocycles. The Labute approximate surface area is 59.8 Å². The van der Waals surface area contributed by atoms with Gasteiger partial charge < -0.3 is 10.5 Å². The molecule has 3 heteroatoms. The van der Waals surface area contributed by atoms with Crippen LogP contribution in [0.3, 0.4) is 0 Å². The molecule has 3 nitrogen and oxygen atoms in total. The van der Waals surface area contributed by atoms with E-state index in [0.717, 1.165) is 6.42 Å². The van der Waals surface area contributed by atoms with Crippen LogP contribution in [0.4, 0.5) is 0 Å². The van der Waals surface area contributed by atoms with Crippen molar-refractivity contribution >= 4 is 5.78 Å². The van der Waals surface area contributed by atoms with E-state index in [2.05, 4.69) is 6.58 Å². The van der Waals surface area contributed by atoms with E-state index < -0.39 is 6.10 Å². The zero-order valence-electron chi connectivity index (χ0n) is 5.75. The topological polar surface area (TPSA) is 52.3 Å². The minimum atomic E-state index is -0.433. The molecular weight excluding hydrogens is 130 g/mol. The smallest absolute Gasteiger partial charge is 0.185 e. The minimum absolute atomic E-state index is 0.106. The Balaban J connectivity index is 2.54. The number of hydrogen-bond donors (Lipinski definition) is 1. The van der Waals surface area contributed by atoms with E-state index >= 15 is 0 Å². The standard InChI is InChI=1S/C7H11NO2/c1-2-6(9)7-5(8)3-4-10-7/h2,5,7H,1,3-4,8H2. The van der Waals surface area contributed by atoms with E-state index in [-0.39, 0.29) is 11.8 Å². The molecule has 0 radical (unpaired) electrons. The number of rotatable bonds is 2. The van der Waals surface area contributed by atoms with Gasteiger partial charge >= 0.3 is 0 Å². The van der Waals surface area contributed by atoms with E-state index in [9.17, 15) is 4.79 Å². The van der Waals surface area contributed by atoms with Gasteiger partial charge in [0.25, 0.3) is 0 Å². The van der Waals surface area contributed by atoms with Crippen LogP contribution in [0.2, 0.25) is 0 Å². The van der Waals surface area contributed by atoms with Crippen molar-refractivity contribution in [1.82, 2.24) is 0 Å². The van der Waals surface area contributed by atoms with Gasteiger partial charge in [-0.2, -0.15) is 0 Å². The zero-order valence-corrected chi connectivity index (χ0v) is 5.75. The highest BCUT2D eigenvalue weighted by atomic mass is 16.5. The average molecular weight is 141 g/mol. The number of carbonyl (C=O) groups is 1. The Bertz CT molecular complexity index is 156. The van der Waals surface area contributed by atoms with Crippen LogP contribution in [-0.4, -0.2) is 24.5 Å². The Hall–Kier alpha value is -0.670. The van der Waals surface area contributed by atoms with Crippen LogP contribution in [0.1, 0.15) is 6.42 Å². The highest BCUT2D eigenvalue weighted by Gasteiger charge is 2.29. The lowest BCUT2D eigenvalue weighted by atomic mass is 10.1. The Kier molecular flexibility index (Phi) is 2.19. The van der Waals surface area contributed by atoms with Gasteiger partial charge in [0, 0.05) is 12.6 Å². The van der Waals surface area contributed by atoms with Gasteiger partial charge in [-0.25, -0.2) is 0 Å². The summed E-state index contributed by atoms with van der Waals surface area (Å²) in [5.74, 6) is -0.106. The van der Waals surface area contributed by atoms with Crippen molar-refractivity contribution in [3.63, 3.8) is 0 Å². The summed E-state index contributed by atoms with van der Waals surface area (Å²) in [6.45, 7) is 3.94. The van der Waals surface area contributed by atoms with Gasteiger partial charge in [0.15, 0.2) is 5.78 Å². The van der Waals surface area contributed by atoms with Gasteiger partial charge in [0.2, 0.25) is 0 Å². The molecule has 0 aromatic rings. The first-order chi connectivity index (χ1) is 4.75. The first-order valence-corrected chi connectivity index (χ1v) is 3.29. The van der Waals surface area contributed by atoms with E-state index in [4.69, 9.17) is 10.5 Å². The lowest BCUT2D eigenvalue weighted by Gasteiger charge is -2.09. The summed E-state index contributed by atoms with van der Waals surface area (Å²) < 4.78 is 5.07. The molecule has 0 aromatic heterocycles. The van der Waals surface area contributed by atoms with Crippen LogP contribution in [-0.2, 0) is 9.53 Å². The molecule has 0 aliphatic carbocycles. The molecule has 0 amide bonds. The number of carbonyl (C=O) groups excluding carboxylic acids is 1. The van der Waals surface area contributed by atoms with Crippen LogP contribution in [0.15, 0.2) is 12.7 Å². The lowest BCUT2D eigenvalue weighted by molar-refractivity contribution is -0.123. The van der Waals surface area contributed by atoms with Gasteiger partial charge in [-0.15, -0.1) is 0 Å². The quantitative estimate of drug-likeness (QED) is 0.544. The Morgan fingerprint density at radius 2 is 2.50 bits per heavy atom. The second kappa shape index (κ2) is 2.94. The number of nitrogens with two attached hydrogens (primary N) is 1. The summed E-state index contributed by atoms with van der Waals surface area (Å²) in [5.41, 5.74) is 5.56. The van der Waals surface area contributed by atoms with E-state index in [1.807, 2.05) is 0 Å². The molecule has 1 saturated heterocycles. The number of ketones is 1. The van der Waals surface area contributed by atoms with Crippen LogP contribution < -0.4 is 5.73 Å². The molecule has 2 atom stereocenters. The van der Waals surface area contributed by atoms with Crippen LogP contribution in [0.25, 0.3) is 0 Å². The molecule has 2 unspecified atom stereocenters. The van der Waals surface area contributed by atoms with Crippen molar-refractivity contribution in [2.45, 2.75) is 18.6 Å². The van der Waals surface area contributed by atoms with Gasteiger partial charge in [-0.05, 0) is 12.5 Å². The first kappa shape index (κ1) is 7.44. The SMILES string of the molecule is C=CC(=O)C1OCCC1N. The molecule has 0 spiro atoms. The Morgan fingerprint density at radius 3 is 2.90 bits per heavy atom. The van der Waals surface area contributed by atoms with E-state index in [1.54, 1.807) is 0 Å². The summed E-state index contributed by atoms with van der Waals surface area (Å²) in [5, 5.41) is 0. The van der Waals surface area contributed by atoms with Gasteiger partial charge in [0.05, 0.1) is 0 Å². The van der Waals surface area contributed by atoms with Crippen LogP contribution in [0.5, 0.6) is 0 Å². The fraction of sp³-hybridized carbons (Fsp3) is 0.571. The highest BCUT2D eigenvalue weighted by molar-refractivity contribution is 5.93. The summed E-state index contributed by atoms with van der Waals surface area (Å²) >= 11 is 0. The van der Waals surface area contributed by atoms with Crippen molar-refractivity contribution in [1.29, 1.82) is 0 Å². The third-order valence-electron chi connectivity index (χ3n) is 1.62. The van der Waals surface area contributed by atoms with E-state index in [1.165, 1.54) is 6.08 Å². The molecule has 1 aliphatic rings. The van der Waals surface area contributed by atoms with Crippen LogP contribution in [0, 0.1) is 0 Å². The summed E-state index contributed by atoms with van der Waals surface area (Å²) in [4.78, 5) is 10.9. The molecule has 2 N–H and O–H groups in total. The summed E-state index contributed by atoms with van der Waals surface area (Å²) in [6.07, 6.45) is 1.59. The predicted octanol–water partition coefficient (Wildman–Crippen LogP) is -0.142. The third-order valence-corrected chi connectivity index (χ3v) is 1.62. The molecule has 1 heterocycles. The predicted molar refractivity (Wildman–Crippen MR) is 37.5 cm³/mol. The normalized spacial score (nSPS) is 32.1. The fourth-order valence-corrected chi connectivity index (χ4v) is 1.02. The van der Waals surface area contributed by atoms with Gasteiger partial charge in [0.1, 0.15) is 6.10 Å². The summed E-state index contributed by atoms with van der Waals surface area (Å²) in [6, 6.07) is -0.134. The largest absolute Gasteiger partial charge is 0.368 e. The second-order valence-electron chi connectivity index (χ2n) is 2.35. The number of hydrogen-bond acceptors (Lipinski definition) is 3. The molecule has 10 heavy (non-hydrogen) atoms. The number of ether oxygens (including phenoxy) is 1. The zero-order chi connectivity index (χ0) is 7.56. The summed E-state index contributed by atoms with van der Waals surface area (Å²) in [7, 11) is 0. The molecule has 0 saturated carbocycles. The maximum atomic E-state index is 10.9. The fourth-order valence-electron chi connectivity index (χ4n) is 1.02. The van der Waals surface area contributed by atoms with Crippen molar-refractivity contribution in [3.8, 4) is 0 Å². The van der Waals surface area contributed by atoms with Crippen LogP contribution >= 0.6 is 0 Å². The molecule has 1 rings (SSSR count). The van der Waals surface area contributed by atoms with Gasteiger partial charge in [-0.1, -0.05) is 6.58 Å². The molecule has 1 fully saturated rings. The van der Waals surface area contributed by atoms with E-state index in [0.29, 0.717) is 6.61 Å². The first-order valence-electron chi connectivity index (χ1n) is 3.29. The van der Waals surface area contributed by atoms with Crippen molar-refractivity contribution < 1.29 is 9.53 Å². The van der Waals surface area contributed by atoms with Crippen molar-refractivity contribution in [2.24, 2.45) is 5.73 Å². The van der Waals surface area contributed by atoms with Crippen molar-refractivity contribution in [2.75, 3.05) is 6.61 Å². The van der Waals surface area contributed by atoms with Crippen molar-refractivity contribution in [3.05, 3.63) is 12.7 Å². The second-order valence-corrected chi connectivity index (χ2v) is 2.35. The molecular formula is C7H11NO2. The lowest BCUT2D eigenvalue weighted by Crippen LogP contribution is -2.35.